The van der Waals surface area contributed by atoms with Crippen molar-refractivity contribution in [2.75, 3.05) is 5.32 Å². The summed E-state index contributed by atoms with van der Waals surface area (Å²) >= 11 is 0. The maximum Gasteiger partial charge on any atom is 0.251 e. The second-order valence-corrected chi connectivity index (χ2v) is 7.17. The number of nitrogens with zero attached hydrogens (tertiary/aromatic N) is 2. The smallest absolute Gasteiger partial charge is 0.251 e. The molecule has 3 rings (SSSR count). The number of anilines is 1. The van der Waals surface area contributed by atoms with Crippen LogP contribution in [0, 0.1) is 5.92 Å². The van der Waals surface area contributed by atoms with Crippen molar-refractivity contribution in [3.05, 3.63) is 42.4 Å². The molecule has 1 aliphatic carbocycles. The fraction of sp³-hybridized carbons (Fsp3) is 0.450. The molecule has 0 unspecified atom stereocenters. The molecule has 0 spiro atoms. The Morgan fingerprint density at radius 1 is 1.12 bits per heavy atom. The molecule has 6 heteroatoms. The quantitative estimate of drug-likeness (QED) is 0.862. The van der Waals surface area contributed by atoms with E-state index in [4.69, 9.17) is 0 Å². The van der Waals surface area contributed by atoms with Gasteiger partial charge in [-0.05, 0) is 37.1 Å². The van der Waals surface area contributed by atoms with E-state index in [0.29, 0.717) is 17.4 Å². The highest BCUT2D eigenvalue weighted by atomic mass is 16.2. The Hall–Kier alpha value is -2.63. The molecular weight excluding hydrogens is 328 g/mol. The van der Waals surface area contributed by atoms with Crippen molar-refractivity contribution in [3.8, 4) is 5.69 Å². The van der Waals surface area contributed by atoms with E-state index in [-0.39, 0.29) is 17.7 Å². The molecule has 1 saturated carbocycles. The van der Waals surface area contributed by atoms with E-state index in [1.54, 1.807) is 12.5 Å². The Morgan fingerprint density at radius 2 is 1.81 bits per heavy atom. The monoisotopic (exact) mass is 354 g/mol. The van der Waals surface area contributed by atoms with E-state index in [1.165, 1.54) is 19.3 Å². The van der Waals surface area contributed by atoms with Gasteiger partial charge in [-0.1, -0.05) is 33.1 Å². The first kappa shape index (κ1) is 18.2. The summed E-state index contributed by atoms with van der Waals surface area (Å²) in [5.74, 6) is 0.342. The minimum Gasteiger partial charge on any atom is -0.349 e. The maximum atomic E-state index is 12.4. The molecule has 26 heavy (non-hydrogen) atoms. The predicted octanol–water partition coefficient (Wildman–Crippen LogP) is 3.53. The van der Waals surface area contributed by atoms with Crippen LogP contribution in [-0.4, -0.2) is 27.4 Å². The number of benzene rings is 1. The van der Waals surface area contributed by atoms with Gasteiger partial charge in [0, 0.05) is 23.2 Å². The topological polar surface area (TPSA) is 76.0 Å². The zero-order valence-electron chi connectivity index (χ0n) is 15.4. The molecule has 1 aromatic carbocycles. The normalized spacial score (nSPS) is 15.0. The molecule has 138 valence electrons. The van der Waals surface area contributed by atoms with Gasteiger partial charge in [0.1, 0.15) is 6.33 Å². The van der Waals surface area contributed by atoms with Crippen molar-refractivity contribution in [1.82, 2.24) is 14.9 Å². The van der Waals surface area contributed by atoms with Crippen molar-refractivity contribution in [2.45, 2.75) is 52.0 Å². The van der Waals surface area contributed by atoms with E-state index in [2.05, 4.69) is 15.6 Å². The number of rotatable bonds is 5. The van der Waals surface area contributed by atoms with E-state index >= 15 is 0 Å². The zero-order valence-corrected chi connectivity index (χ0v) is 15.4. The molecule has 0 radical (unpaired) electrons. The van der Waals surface area contributed by atoms with Crippen LogP contribution in [0.5, 0.6) is 0 Å². The molecule has 1 heterocycles. The minimum atomic E-state index is -0.0953. The van der Waals surface area contributed by atoms with E-state index in [0.717, 1.165) is 18.5 Å². The number of carbonyl (C=O) groups is 2. The SMILES string of the molecule is CC(C)C(=O)Nc1cn(-c2ccc(C(=O)NC3CCCCC3)cc2)cn1. The van der Waals surface area contributed by atoms with Crippen LogP contribution in [0.2, 0.25) is 0 Å². The second kappa shape index (κ2) is 8.17. The molecule has 2 amide bonds. The highest BCUT2D eigenvalue weighted by Crippen LogP contribution is 2.18. The first-order chi connectivity index (χ1) is 12.5. The number of carbonyl (C=O) groups excluding carboxylic acids is 2. The van der Waals surface area contributed by atoms with Gasteiger partial charge >= 0.3 is 0 Å². The summed E-state index contributed by atoms with van der Waals surface area (Å²) in [6.07, 6.45) is 9.21. The van der Waals surface area contributed by atoms with Gasteiger partial charge in [0.2, 0.25) is 5.91 Å². The van der Waals surface area contributed by atoms with Gasteiger partial charge in [-0.15, -0.1) is 0 Å². The van der Waals surface area contributed by atoms with Crippen LogP contribution < -0.4 is 10.6 Å². The minimum absolute atomic E-state index is 0.0148. The van der Waals surface area contributed by atoms with Gasteiger partial charge in [-0.3, -0.25) is 9.59 Å². The molecule has 2 aromatic rings. The summed E-state index contributed by atoms with van der Waals surface area (Å²) < 4.78 is 1.82. The van der Waals surface area contributed by atoms with Gasteiger partial charge in [0.15, 0.2) is 5.82 Å². The third-order valence-corrected chi connectivity index (χ3v) is 4.73. The lowest BCUT2D eigenvalue weighted by Crippen LogP contribution is -2.36. The number of nitrogens with one attached hydrogen (secondary N) is 2. The summed E-state index contributed by atoms with van der Waals surface area (Å²) in [7, 11) is 0. The Labute approximate surface area is 154 Å². The molecule has 1 aromatic heterocycles. The molecule has 1 aliphatic rings. The number of hydrogen-bond donors (Lipinski definition) is 2. The van der Waals surface area contributed by atoms with Gasteiger partial charge in [-0.25, -0.2) is 4.98 Å². The number of hydrogen-bond acceptors (Lipinski definition) is 3. The molecular formula is C20H26N4O2. The average Bonchev–Trinajstić information content (AvgIpc) is 3.11. The van der Waals surface area contributed by atoms with Crippen molar-refractivity contribution in [3.63, 3.8) is 0 Å². The molecule has 0 saturated heterocycles. The van der Waals surface area contributed by atoms with Crippen LogP contribution in [0.25, 0.3) is 5.69 Å². The summed E-state index contributed by atoms with van der Waals surface area (Å²) in [5, 5.41) is 5.90. The average molecular weight is 354 g/mol. The van der Waals surface area contributed by atoms with Crippen molar-refractivity contribution in [1.29, 1.82) is 0 Å². The lowest BCUT2D eigenvalue weighted by molar-refractivity contribution is -0.118. The van der Waals surface area contributed by atoms with E-state index < -0.39 is 0 Å². The number of imidazole rings is 1. The van der Waals surface area contributed by atoms with Gasteiger partial charge < -0.3 is 15.2 Å². The lowest BCUT2D eigenvalue weighted by Gasteiger charge is -2.22. The Bertz CT molecular complexity index is 758. The maximum absolute atomic E-state index is 12.4. The Morgan fingerprint density at radius 3 is 2.46 bits per heavy atom. The summed E-state index contributed by atoms with van der Waals surface area (Å²) in [5.41, 5.74) is 1.55. The van der Waals surface area contributed by atoms with E-state index in [9.17, 15) is 9.59 Å². The van der Waals surface area contributed by atoms with Crippen LogP contribution in [-0.2, 0) is 4.79 Å². The van der Waals surface area contributed by atoms with Gasteiger partial charge in [0.25, 0.3) is 5.91 Å². The van der Waals surface area contributed by atoms with Crippen LogP contribution in [0.1, 0.15) is 56.3 Å². The molecule has 0 atom stereocenters. The summed E-state index contributed by atoms with van der Waals surface area (Å²) in [6.45, 7) is 3.67. The Balaban J connectivity index is 1.63. The van der Waals surface area contributed by atoms with Gasteiger partial charge in [0.05, 0.1) is 6.20 Å². The van der Waals surface area contributed by atoms with Crippen LogP contribution in [0.4, 0.5) is 5.82 Å². The van der Waals surface area contributed by atoms with Gasteiger partial charge in [-0.2, -0.15) is 0 Å². The zero-order chi connectivity index (χ0) is 18.5. The predicted molar refractivity (Wildman–Crippen MR) is 101 cm³/mol. The largest absolute Gasteiger partial charge is 0.349 e. The fourth-order valence-corrected chi connectivity index (χ4v) is 3.10. The number of aromatic nitrogens is 2. The lowest BCUT2D eigenvalue weighted by atomic mass is 9.95. The highest BCUT2D eigenvalue weighted by molar-refractivity contribution is 5.94. The molecule has 0 aliphatic heterocycles. The van der Waals surface area contributed by atoms with Crippen molar-refractivity contribution in [2.24, 2.45) is 5.92 Å². The van der Waals surface area contributed by atoms with Crippen LogP contribution in [0.3, 0.4) is 0 Å². The second-order valence-electron chi connectivity index (χ2n) is 7.17. The van der Waals surface area contributed by atoms with Crippen LogP contribution in [0.15, 0.2) is 36.8 Å². The molecule has 2 N–H and O–H groups in total. The summed E-state index contributed by atoms with van der Waals surface area (Å²) in [4.78, 5) is 28.3. The fourth-order valence-electron chi connectivity index (χ4n) is 3.10. The molecule has 1 fully saturated rings. The highest BCUT2D eigenvalue weighted by Gasteiger charge is 2.16. The molecule has 0 bridgehead atoms. The standard InChI is InChI=1S/C20H26N4O2/c1-14(2)19(25)23-18-12-24(13-21-18)17-10-8-15(9-11-17)20(26)22-16-6-4-3-5-7-16/h8-14,16H,3-7H2,1-2H3,(H,22,26)(H,23,25). The first-order valence-corrected chi connectivity index (χ1v) is 9.29. The third kappa shape index (κ3) is 4.50. The van der Waals surface area contributed by atoms with Crippen molar-refractivity contribution < 1.29 is 9.59 Å². The summed E-state index contributed by atoms with van der Waals surface area (Å²) in [6, 6.07) is 7.70. The van der Waals surface area contributed by atoms with Crippen LogP contribution >= 0.6 is 0 Å². The Kier molecular flexibility index (Phi) is 5.71. The third-order valence-electron chi connectivity index (χ3n) is 4.73. The first-order valence-electron chi connectivity index (χ1n) is 9.29. The van der Waals surface area contributed by atoms with E-state index in [1.807, 2.05) is 42.7 Å². The van der Waals surface area contributed by atoms with Crippen molar-refractivity contribution >= 4 is 17.6 Å². The molecule has 6 nitrogen and oxygen atoms in total. The number of amides is 2.